The average Bonchev–Trinajstić information content (AvgIpc) is 2.98. The van der Waals surface area contributed by atoms with Gasteiger partial charge in [-0.25, -0.2) is 4.79 Å². The molecule has 0 aromatic heterocycles. The highest BCUT2D eigenvalue weighted by molar-refractivity contribution is 6.09. The monoisotopic (exact) mass is 423 g/mol. The van der Waals surface area contributed by atoms with Crippen molar-refractivity contribution in [3.63, 3.8) is 0 Å². The number of rotatable bonds is 8. The van der Waals surface area contributed by atoms with Gasteiger partial charge in [0.05, 0.1) is 13.2 Å². The zero-order chi connectivity index (χ0) is 22.6. The predicted molar refractivity (Wildman–Crippen MR) is 118 cm³/mol. The quantitative estimate of drug-likeness (QED) is 0.638. The third-order valence-electron chi connectivity index (χ3n) is 5.63. The maximum Gasteiger partial charge on any atom is 0.325 e. The number of nitrogens with zero attached hydrogens (tertiary/aromatic N) is 1. The Kier molecular flexibility index (Phi) is 6.63. The van der Waals surface area contributed by atoms with Gasteiger partial charge in [0.25, 0.3) is 5.91 Å². The van der Waals surface area contributed by atoms with E-state index in [0.29, 0.717) is 11.3 Å². The first-order chi connectivity index (χ1) is 14.8. The predicted octanol–water partition coefficient (Wildman–Crippen LogP) is 3.29. The van der Waals surface area contributed by atoms with Crippen LogP contribution in [0.2, 0.25) is 0 Å². The number of carbonyl (C=O) groups is 3. The highest BCUT2D eigenvalue weighted by Crippen LogP contribution is 2.29. The number of urea groups is 1. The van der Waals surface area contributed by atoms with Gasteiger partial charge in [-0.15, -0.1) is 0 Å². The number of nitrogens with one attached hydrogen (secondary N) is 2. The van der Waals surface area contributed by atoms with E-state index in [1.165, 1.54) is 5.56 Å². The first kappa shape index (κ1) is 22.3. The molecular formula is C24H29N3O4. The molecule has 1 fully saturated rings. The van der Waals surface area contributed by atoms with E-state index in [2.05, 4.69) is 17.6 Å². The molecule has 1 heterocycles. The Balaban J connectivity index is 1.70. The molecule has 0 radical (unpaired) electrons. The van der Waals surface area contributed by atoms with E-state index < -0.39 is 23.4 Å². The summed E-state index contributed by atoms with van der Waals surface area (Å²) in [7, 11) is 1.57. The van der Waals surface area contributed by atoms with Crippen LogP contribution in [0.1, 0.15) is 49.9 Å². The SMILES string of the molecule is CCCc1ccc([C@@]2(C)NC(=O)N(CC(=O)N[C@@H](C)c3ccccc3OC)C2=O)cc1. The number of hydrogen-bond acceptors (Lipinski definition) is 4. The second-order valence-electron chi connectivity index (χ2n) is 7.92. The van der Waals surface area contributed by atoms with E-state index in [1.807, 2.05) is 55.5 Å². The van der Waals surface area contributed by atoms with Crippen molar-refractivity contribution in [2.24, 2.45) is 0 Å². The molecule has 2 N–H and O–H groups in total. The summed E-state index contributed by atoms with van der Waals surface area (Å²) in [6.45, 7) is 5.24. The smallest absolute Gasteiger partial charge is 0.325 e. The molecule has 31 heavy (non-hydrogen) atoms. The van der Waals surface area contributed by atoms with E-state index in [9.17, 15) is 14.4 Å². The highest BCUT2D eigenvalue weighted by Gasteiger charge is 2.49. The second-order valence-corrected chi connectivity index (χ2v) is 7.92. The molecule has 4 amide bonds. The number of hydrogen-bond donors (Lipinski definition) is 2. The molecule has 0 unspecified atom stereocenters. The zero-order valence-corrected chi connectivity index (χ0v) is 18.4. The number of amides is 4. The lowest BCUT2D eigenvalue weighted by molar-refractivity contribution is -0.135. The van der Waals surface area contributed by atoms with Gasteiger partial charge in [-0.05, 0) is 37.5 Å². The van der Waals surface area contributed by atoms with Gasteiger partial charge in [0.1, 0.15) is 17.8 Å². The zero-order valence-electron chi connectivity index (χ0n) is 18.4. The van der Waals surface area contributed by atoms with Gasteiger partial charge in [0.15, 0.2) is 0 Å². The first-order valence-corrected chi connectivity index (χ1v) is 10.5. The Bertz CT molecular complexity index is 973. The Labute approximate surface area is 182 Å². The van der Waals surface area contributed by atoms with Gasteiger partial charge in [-0.3, -0.25) is 14.5 Å². The van der Waals surface area contributed by atoms with Gasteiger partial charge in [-0.1, -0.05) is 55.8 Å². The Morgan fingerprint density at radius 2 is 1.84 bits per heavy atom. The summed E-state index contributed by atoms with van der Waals surface area (Å²) in [6, 6.07) is 14.1. The normalized spacial score (nSPS) is 19.2. The Morgan fingerprint density at radius 1 is 1.16 bits per heavy atom. The summed E-state index contributed by atoms with van der Waals surface area (Å²) in [5.74, 6) is -0.213. The van der Waals surface area contributed by atoms with Crippen LogP contribution in [0.25, 0.3) is 0 Å². The summed E-state index contributed by atoms with van der Waals surface area (Å²) in [5.41, 5.74) is 1.48. The minimum Gasteiger partial charge on any atom is -0.496 e. The summed E-state index contributed by atoms with van der Waals surface area (Å²) >= 11 is 0. The van der Waals surface area contributed by atoms with Gasteiger partial charge >= 0.3 is 6.03 Å². The summed E-state index contributed by atoms with van der Waals surface area (Å²) in [4.78, 5) is 39.2. The van der Waals surface area contributed by atoms with Gasteiger partial charge in [-0.2, -0.15) is 0 Å². The molecule has 1 aliphatic rings. The van der Waals surface area contributed by atoms with Crippen LogP contribution >= 0.6 is 0 Å². The van der Waals surface area contributed by atoms with Crippen LogP contribution in [0.4, 0.5) is 4.79 Å². The van der Waals surface area contributed by atoms with E-state index in [1.54, 1.807) is 14.0 Å². The topological polar surface area (TPSA) is 87.7 Å². The van der Waals surface area contributed by atoms with Crippen molar-refractivity contribution in [1.82, 2.24) is 15.5 Å². The Hall–Kier alpha value is -3.35. The van der Waals surface area contributed by atoms with E-state index in [0.717, 1.165) is 23.3 Å². The van der Waals surface area contributed by atoms with Crippen molar-refractivity contribution in [2.75, 3.05) is 13.7 Å². The molecule has 1 aliphatic heterocycles. The third kappa shape index (κ3) is 4.55. The molecule has 3 rings (SSSR count). The van der Waals surface area contributed by atoms with Crippen LogP contribution in [0.3, 0.4) is 0 Å². The second kappa shape index (κ2) is 9.20. The number of ether oxygens (including phenoxy) is 1. The van der Waals surface area contributed by atoms with Crippen LogP contribution < -0.4 is 15.4 Å². The van der Waals surface area contributed by atoms with Gasteiger partial charge in [0.2, 0.25) is 5.91 Å². The van der Waals surface area contributed by atoms with Crippen molar-refractivity contribution >= 4 is 17.8 Å². The lowest BCUT2D eigenvalue weighted by Gasteiger charge is -2.23. The fourth-order valence-corrected chi connectivity index (χ4v) is 3.86. The lowest BCUT2D eigenvalue weighted by atomic mass is 9.91. The van der Waals surface area contributed by atoms with E-state index >= 15 is 0 Å². The Morgan fingerprint density at radius 3 is 2.48 bits per heavy atom. The van der Waals surface area contributed by atoms with Crippen molar-refractivity contribution in [3.05, 3.63) is 65.2 Å². The molecule has 164 valence electrons. The number of carbonyl (C=O) groups excluding carboxylic acids is 3. The highest BCUT2D eigenvalue weighted by atomic mass is 16.5. The molecule has 0 aliphatic carbocycles. The maximum absolute atomic E-state index is 13.1. The molecule has 2 aromatic rings. The number of benzene rings is 2. The van der Waals surface area contributed by atoms with Crippen molar-refractivity contribution in [3.8, 4) is 5.75 Å². The molecule has 1 saturated heterocycles. The molecule has 2 aromatic carbocycles. The third-order valence-corrected chi connectivity index (χ3v) is 5.63. The standard InChI is InChI=1S/C24H29N3O4/c1-5-8-17-11-13-18(14-12-17)24(3)22(29)27(23(30)26-24)15-21(28)25-16(2)19-9-6-7-10-20(19)31-4/h6-7,9-14,16H,5,8,15H2,1-4H3,(H,25,28)(H,26,30)/t16-,24+/m0/s1. The molecule has 2 atom stereocenters. The number of para-hydroxylation sites is 1. The first-order valence-electron chi connectivity index (χ1n) is 10.5. The van der Waals surface area contributed by atoms with Crippen LogP contribution in [0, 0.1) is 0 Å². The summed E-state index contributed by atoms with van der Waals surface area (Å²) in [6.07, 6.45) is 1.98. The number of aryl methyl sites for hydroxylation is 1. The fraction of sp³-hybridized carbons (Fsp3) is 0.375. The minimum absolute atomic E-state index is 0.345. The fourth-order valence-electron chi connectivity index (χ4n) is 3.86. The van der Waals surface area contributed by atoms with Gasteiger partial charge in [0, 0.05) is 5.56 Å². The molecule has 7 heteroatoms. The van der Waals surface area contributed by atoms with Crippen LogP contribution in [0.15, 0.2) is 48.5 Å². The maximum atomic E-state index is 13.1. The number of methoxy groups -OCH3 is 1. The lowest BCUT2D eigenvalue weighted by Crippen LogP contribution is -2.43. The van der Waals surface area contributed by atoms with Crippen LogP contribution in [-0.2, 0) is 21.5 Å². The van der Waals surface area contributed by atoms with Crippen LogP contribution in [-0.4, -0.2) is 36.4 Å². The summed E-state index contributed by atoms with van der Waals surface area (Å²) < 4.78 is 5.34. The van der Waals surface area contributed by atoms with E-state index in [-0.39, 0.29) is 12.6 Å². The molecule has 0 spiro atoms. The molecule has 0 saturated carbocycles. The molecular weight excluding hydrogens is 394 g/mol. The summed E-state index contributed by atoms with van der Waals surface area (Å²) in [5, 5.41) is 5.58. The van der Waals surface area contributed by atoms with Gasteiger partial charge < -0.3 is 15.4 Å². The van der Waals surface area contributed by atoms with E-state index in [4.69, 9.17) is 4.74 Å². The molecule has 0 bridgehead atoms. The largest absolute Gasteiger partial charge is 0.496 e. The van der Waals surface area contributed by atoms with Crippen molar-refractivity contribution in [1.29, 1.82) is 0 Å². The van der Waals surface area contributed by atoms with Crippen molar-refractivity contribution in [2.45, 2.75) is 45.2 Å². The number of imide groups is 1. The van der Waals surface area contributed by atoms with Crippen LogP contribution in [0.5, 0.6) is 5.75 Å². The van der Waals surface area contributed by atoms with Crippen molar-refractivity contribution < 1.29 is 19.1 Å². The minimum atomic E-state index is -1.20. The molecule has 7 nitrogen and oxygen atoms in total. The average molecular weight is 424 g/mol.